The molecule has 2 aliphatic heterocycles. The third kappa shape index (κ3) is 1.60. The molecule has 2 saturated heterocycles. The van der Waals surface area contributed by atoms with Crippen LogP contribution in [0.5, 0.6) is 0 Å². The van der Waals surface area contributed by atoms with E-state index in [1.165, 1.54) is 4.90 Å². The van der Waals surface area contributed by atoms with Crippen molar-refractivity contribution in [1.29, 1.82) is 0 Å². The molecule has 0 atom stereocenters. The standard InChI is InChI=1S/C11H14N2O4S/c14-8-11(3-4-11)9(15)13(10(16)12-8)7-1-5-18(17)6-2-7/h7H,1-6H2,(H,12,14,16). The van der Waals surface area contributed by atoms with E-state index in [9.17, 15) is 18.6 Å². The molecule has 1 aliphatic carbocycles. The van der Waals surface area contributed by atoms with E-state index in [1.54, 1.807) is 0 Å². The maximum atomic E-state index is 12.3. The summed E-state index contributed by atoms with van der Waals surface area (Å²) in [5.41, 5.74) is -0.968. The summed E-state index contributed by atoms with van der Waals surface area (Å²) in [7, 11) is -0.835. The van der Waals surface area contributed by atoms with Crippen LogP contribution in [0.4, 0.5) is 4.79 Å². The van der Waals surface area contributed by atoms with Gasteiger partial charge < -0.3 is 0 Å². The Labute approximate surface area is 107 Å². The zero-order valence-electron chi connectivity index (χ0n) is 9.81. The van der Waals surface area contributed by atoms with Crippen LogP contribution in [0.25, 0.3) is 0 Å². The molecular weight excluding hydrogens is 256 g/mol. The fourth-order valence-electron chi connectivity index (χ4n) is 2.63. The second kappa shape index (κ2) is 3.88. The lowest BCUT2D eigenvalue weighted by molar-refractivity contribution is -0.146. The average molecular weight is 270 g/mol. The Kier molecular flexibility index (Phi) is 2.55. The van der Waals surface area contributed by atoms with Crippen molar-refractivity contribution in [3.05, 3.63) is 0 Å². The second-order valence-corrected chi connectivity index (χ2v) is 6.79. The third-order valence-corrected chi connectivity index (χ3v) is 5.36. The molecule has 18 heavy (non-hydrogen) atoms. The van der Waals surface area contributed by atoms with Gasteiger partial charge in [-0.2, -0.15) is 0 Å². The van der Waals surface area contributed by atoms with Crippen LogP contribution in [0.3, 0.4) is 0 Å². The minimum Gasteiger partial charge on any atom is -0.277 e. The molecule has 1 saturated carbocycles. The number of amides is 4. The van der Waals surface area contributed by atoms with Crippen LogP contribution in [-0.4, -0.2) is 44.5 Å². The highest BCUT2D eigenvalue weighted by atomic mass is 32.2. The van der Waals surface area contributed by atoms with Gasteiger partial charge in [-0.25, -0.2) is 4.79 Å². The van der Waals surface area contributed by atoms with E-state index in [0.29, 0.717) is 37.2 Å². The Morgan fingerprint density at radius 1 is 1.17 bits per heavy atom. The first-order valence-corrected chi connectivity index (χ1v) is 7.57. The van der Waals surface area contributed by atoms with Crippen LogP contribution in [0.2, 0.25) is 0 Å². The van der Waals surface area contributed by atoms with Gasteiger partial charge in [0.05, 0.1) is 0 Å². The lowest BCUT2D eigenvalue weighted by Crippen LogP contribution is -2.62. The van der Waals surface area contributed by atoms with Gasteiger partial charge >= 0.3 is 6.03 Å². The van der Waals surface area contributed by atoms with Crippen molar-refractivity contribution in [2.45, 2.75) is 31.7 Å². The maximum absolute atomic E-state index is 12.3. The highest BCUT2D eigenvalue weighted by Crippen LogP contribution is 2.49. The van der Waals surface area contributed by atoms with E-state index in [1.807, 2.05) is 0 Å². The predicted octanol–water partition coefficient (Wildman–Crippen LogP) is -0.244. The summed E-state index contributed by atoms with van der Waals surface area (Å²) < 4.78 is 11.3. The molecule has 3 rings (SSSR count). The molecule has 6 nitrogen and oxygen atoms in total. The van der Waals surface area contributed by atoms with Crippen LogP contribution in [-0.2, 0) is 20.4 Å². The molecule has 4 amide bonds. The minimum atomic E-state index is -0.968. The Bertz CT molecular complexity index is 462. The number of barbiturate groups is 1. The number of urea groups is 1. The van der Waals surface area contributed by atoms with Gasteiger partial charge in [0.1, 0.15) is 5.41 Å². The average Bonchev–Trinajstić information content (AvgIpc) is 3.11. The van der Waals surface area contributed by atoms with Crippen molar-refractivity contribution in [3.63, 3.8) is 0 Å². The molecule has 0 unspecified atom stereocenters. The zero-order valence-corrected chi connectivity index (χ0v) is 10.6. The predicted molar refractivity (Wildman–Crippen MR) is 63.0 cm³/mol. The van der Waals surface area contributed by atoms with Gasteiger partial charge in [-0.15, -0.1) is 0 Å². The van der Waals surface area contributed by atoms with Crippen molar-refractivity contribution in [1.82, 2.24) is 10.2 Å². The van der Waals surface area contributed by atoms with Gasteiger partial charge in [0, 0.05) is 28.3 Å². The summed E-state index contributed by atoms with van der Waals surface area (Å²) in [5, 5.41) is 2.27. The molecule has 98 valence electrons. The van der Waals surface area contributed by atoms with Crippen LogP contribution < -0.4 is 5.32 Å². The molecule has 3 fully saturated rings. The minimum absolute atomic E-state index is 0.208. The van der Waals surface area contributed by atoms with Crippen molar-refractivity contribution in [2.24, 2.45) is 5.41 Å². The number of nitrogens with one attached hydrogen (secondary N) is 1. The molecule has 0 aromatic heterocycles. The highest BCUT2D eigenvalue weighted by molar-refractivity contribution is 7.85. The van der Waals surface area contributed by atoms with E-state index in [4.69, 9.17) is 0 Å². The first kappa shape index (κ1) is 11.8. The summed E-state index contributed by atoms with van der Waals surface area (Å²) in [6.45, 7) is 0. The molecule has 1 N–H and O–H groups in total. The molecule has 7 heteroatoms. The zero-order chi connectivity index (χ0) is 12.9. The van der Waals surface area contributed by atoms with Crippen LogP contribution in [0, 0.1) is 5.41 Å². The first-order chi connectivity index (χ1) is 8.54. The van der Waals surface area contributed by atoms with E-state index < -0.39 is 28.2 Å². The van der Waals surface area contributed by atoms with E-state index in [0.717, 1.165) is 0 Å². The van der Waals surface area contributed by atoms with Crippen LogP contribution in [0.15, 0.2) is 0 Å². The van der Waals surface area contributed by atoms with Gasteiger partial charge in [0.2, 0.25) is 11.8 Å². The lowest BCUT2D eigenvalue weighted by Gasteiger charge is -2.37. The van der Waals surface area contributed by atoms with Crippen LogP contribution >= 0.6 is 0 Å². The Hall–Kier alpha value is -1.24. The summed E-state index contributed by atoms with van der Waals surface area (Å²) in [6, 6.07) is -0.819. The van der Waals surface area contributed by atoms with Crippen molar-refractivity contribution >= 4 is 28.6 Å². The van der Waals surface area contributed by atoms with Crippen molar-refractivity contribution < 1.29 is 18.6 Å². The summed E-state index contributed by atoms with van der Waals surface area (Å²) >= 11 is 0. The number of hydrogen-bond acceptors (Lipinski definition) is 4. The lowest BCUT2D eigenvalue weighted by atomic mass is 9.99. The van der Waals surface area contributed by atoms with Gasteiger partial charge in [0.25, 0.3) is 0 Å². The number of carbonyl (C=O) groups excluding carboxylic acids is 3. The monoisotopic (exact) mass is 270 g/mol. The topological polar surface area (TPSA) is 83.6 Å². The number of imide groups is 2. The SMILES string of the molecule is O=C1NC(=O)C2(CC2)C(=O)N1C1CCS(=O)CC1. The molecule has 0 bridgehead atoms. The number of hydrogen-bond donors (Lipinski definition) is 1. The van der Waals surface area contributed by atoms with E-state index in [-0.39, 0.29) is 11.9 Å². The molecule has 0 radical (unpaired) electrons. The first-order valence-electron chi connectivity index (χ1n) is 6.09. The Morgan fingerprint density at radius 2 is 1.78 bits per heavy atom. The fourth-order valence-corrected chi connectivity index (χ4v) is 3.91. The van der Waals surface area contributed by atoms with Gasteiger partial charge in [-0.05, 0) is 25.7 Å². The normalized spacial score (nSPS) is 34.7. The molecule has 2 heterocycles. The highest BCUT2D eigenvalue weighted by Gasteiger charge is 2.63. The third-order valence-electron chi connectivity index (χ3n) is 3.97. The quantitative estimate of drug-likeness (QED) is 0.666. The smallest absolute Gasteiger partial charge is 0.277 e. The van der Waals surface area contributed by atoms with Gasteiger partial charge in [-0.1, -0.05) is 0 Å². The van der Waals surface area contributed by atoms with Crippen molar-refractivity contribution in [3.8, 4) is 0 Å². The molecule has 3 aliphatic rings. The van der Waals surface area contributed by atoms with E-state index in [2.05, 4.69) is 5.32 Å². The number of rotatable bonds is 1. The second-order valence-electron chi connectivity index (χ2n) is 5.10. The number of carbonyl (C=O) groups is 3. The summed E-state index contributed by atoms with van der Waals surface area (Å²) in [5.74, 6) is 0.229. The van der Waals surface area contributed by atoms with Gasteiger partial charge in [0.15, 0.2) is 0 Å². The molecule has 0 aromatic rings. The van der Waals surface area contributed by atoms with Crippen molar-refractivity contribution in [2.75, 3.05) is 11.5 Å². The maximum Gasteiger partial charge on any atom is 0.331 e. The molecule has 1 spiro atoms. The summed E-state index contributed by atoms with van der Waals surface area (Å²) in [4.78, 5) is 36.9. The Balaban J connectivity index is 1.82. The number of nitrogens with zero attached hydrogens (tertiary/aromatic N) is 1. The summed E-state index contributed by atoms with van der Waals surface area (Å²) in [6.07, 6.45) is 2.19. The fraction of sp³-hybridized carbons (Fsp3) is 0.727. The van der Waals surface area contributed by atoms with E-state index >= 15 is 0 Å². The molecular formula is C11H14N2O4S. The van der Waals surface area contributed by atoms with Crippen LogP contribution in [0.1, 0.15) is 25.7 Å². The van der Waals surface area contributed by atoms with Gasteiger partial charge in [-0.3, -0.25) is 24.0 Å². The Morgan fingerprint density at radius 3 is 2.33 bits per heavy atom. The molecule has 0 aromatic carbocycles. The largest absolute Gasteiger partial charge is 0.331 e.